The van der Waals surface area contributed by atoms with Gasteiger partial charge in [-0.3, -0.25) is 0 Å². The molecule has 0 spiro atoms. The van der Waals surface area contributed by atoms with E-state index in [0.29, 0.717) is 6.61 Å². The Morgan fingerprint density at radius 2 is 1.68 bits per heavy atom. The summed E-state index contributed by atoms with van der Waals surface area (Å²) in [6.45, 7) is 4.61. The summed E-state index contributed by atoms with van der Waals surface area (Å²) in [6, 6.07) is 16.8. The summed E-state index contributed by atoms with van der Waals surface area (Å²) >= 11 is 0. The van der Waals surface area contributed by atoms with E-state index in [1.807, 2.05) is 24.3 Å². The van der Waals surface area contributed by atoms with Gasteiger partial charge >= 0.3 is 0 Å². The average molecular weight is 338 g/mol. The van der Waals surface area contributed by atoms with Gasteiger partial charge in [0.1, 0.15) is 12.7 Å². The van der Waals surface area contributed by atoms with E-state index in [1.54, 1.807) is 0 Å². The van der Waals surface area contributed by atoms with E-state index in [-0.39, 0.29) is 6.10 Å². The van der Waals surface area contributed by atoms with Gasteiger partial charge < -0.3 is 19.7 Å². The van der Waals surface area contributed by atoms with Gasteiger partial charge in [0.15, 0.2) is 11.5 Å². The van der Waals surface area contributed by atoms with Crippen molar-refractivity contribution >= 4 is 5.69 Å². The molecule has 0 bridgehead atoms. The van der Waals surface area contributed by atoms with Crippen LogP contribution in [-0.2, 0) is 6.54 Å². The molecule has 0 aromatic heterocycles. The summed E-state index contributed by atoms with van der Waals surface area (Å²) in [5.41, 5.74) is 2.65. The van der Waals surface area contributed by atoms with Crippen molar-refractivity contribution < 1.29 is 9.47 Å². The van der Waals surface area contributed by atoms with Crippen molar-refractivity contribution in [3.63, 3.8) is 0 Å². The normalized spacial score (nSPS) is 19.7. The first kappa shape index (κ1) is 16.3. The lowest BCUT2D eigenvalue weighted by molar-refractivity contribution is 0.0902. The molecule has 4 nitrogen and oxygen atoms in total. The molecule has 2 heterocycles. The fraction of sp³-hybridized carbons (Fsp3) is 0.429. The highest BCUT2D eigenvalue weighted by Gasteiger charge is 2.19. The predicted molar refractivity (Wildman–Crippen MR) is 101 cm³/mol. The SMILES string of the molecule is c1ccc2c(c1)OCC(CNCc1ccc(N3CCCCC3)cc1)O2. The van der Waals surface area contributed by atoms with Crippen molar-refractivity contribution in [3.05, 3.63) is 54.1 Å². The minimum Gasteiger partial charge on any atom is -0.486 e. The van der Waals surface area contributed by atoms with Gasteiger partial charge in [-0.25, -0.2) is 0 Å². The van der Waals surface area contributed by atoms with Crippen molar-refractivity contribution in [1.82, 2.24) is 5.32 Å². The van der Waals surface area contributed by atoms with Gasteiger partial charge in [-0.2, -0.15) is 0 Å². The Kier molecular flexibility index (Phi) is 5.07. The number of nitrogens with zero attached hydrogens (tertiary/aromatic N) is 1. The minimum atomic E-state index is 0.0579. The number of anilines is 1. The number of rotatable bonds is 5. The van der Waals surface area contributed by atoms with E-state index >= 15 is 0 Å². The first-order valence-corrected chi connectivity index (χ1v) is 9.31. The fourth-order valence-corrected chi connectivity index (χ4v) is 3.52. The van der Waals surface area contributed by atoms with Gasteiger partial charge in [0.2, 0.25) is 0 Å². The molecule has 4 heteroatoms. The predicted octanol–water partition coefficient (Wildman–Crippen LogP) is 3.61. The van der Waals surface area contributed by atoms with Crippen LogP contribution in [0.5, 0.6) is 11.5 Å². The molecule has 25 heavy (non-hydrogen) atoms. The van der Waals surface area contributed by atoms with Gasteiger partial charge in [0.05, 0.1) is 0 Å². The number of para-hydroxylation sites is 2. The second-order valence-corrected chi connectivity index (χ2v) is 6.84. The average Bonchev–Trinajstić information content (AvgIpc) is 2.69. The third kappa shape index (κ3) is 4.07. The molecule has 0 aliphatic carbocycles. The number of benzene rings is 2. The molecule has 1 unspecified atom stereocenters. The lowest BCUT2D eigenvalue weighted by atomic mass is 10.1. The summed E-state index contributed by atoms with van der Waals surface area (Å²) in [5, 5.41) is 3.48. The Morgan fingerprint density at radius 3 is 2.48 bits per heavy atom. The Bertz CT molecular complexity index is 681. The zero-order chi connectivity index (χ0) is 16.9. The van der Waals surface area contributed by atoms with Crippen LogP contribution in [0.25, 0.3) is 0 Å². The highest BCUT2D eigenvalue weighted by molar-refractivity contribution is 5.48. The molecule has 0 amide bonds. The van der Waals surface area contributed by atoms with Crippen LogP contribution in [0.1, 0.15) is 24.8 Å². The molecule has 1 saturated heterocycles. The number of piperidine rings is 1. The lowest BCUT2D eigenvalue weighted by Crippen LogP contribution is -2.38. The summed E-state index contributed by atoms with van der Waals surface area (Å²) in [4.78, 5) is 2.49. The molecule has 2 aromatic rings. The van der Waals surface area contributed by atoms with Crippen LogP contribution in [0.2, 0.25) is 0 Å². The maximum Gasteiger partial charge on any atom is 0.161 e. The van der Waals surface area contributed by atoms with Crippen LogP contribution in [0.4, 0.5) is 5.69 Å². The topological polar surface area (TPSA) is 33.7 Å². The third-order valence-electron chi connectivity index (χ3n) is 4.93. The Morgan fingerprint density at radius 1 is 0.920 bits per heavy atom. The standard InChI is InChI=1S/C21H26N2O2/c1-4-12-23(13-5-1)18-10-8-17(9-11-18)14-22-15-19-16-24-20-6-2-3-7-21(20)25-19/h2-3,6-11,19,22H,1,4-5,12-16H2. The first-order valence-electron chi connectivity index (χ1n) is 9.31. The van der Waals surface area contributed by atoms with Crippen LogP contribution in [0.3, 0.4) is 0 Å². The van der Waals surface area contributed by atoms with Crippen LogP contribution in [0, 0.1) is 0 Å². The van der Waals surface area contributed by atoms with Gasteiger partial charge in [0.25, 0.3) is 0 Å². The van der Waals surface area contributed by atoms with Gasteiger partial charge in [-0.1, -0.05) is 24.3 Å². The summed E-state index contributed by atoms with van der Waals surface area (Å²) in [6.07, 6.45) is 4.06. The molecule has 1 N–H and O–H groups in total. The van der Waals surface area contributed by atoms with E-state index in [2.05, 4.69) is 34.5 Å². The zero-order valence-corrected chi connectivity index (χ0v) is 14.6. The monoisotopic (exact) mass is 338 g/mol. The van der Waals surface area contributed by atoms with Crippen LogP contribution in [0.15, 0.2) is 48.5 Å². The Labute approximate surface area is 149 Å². The highest BCUT2D eigenvalue weighted by Crippen LogP contribution is 2.30. The second kappa shape index (κ2) is 7.79. The largest absolute Gasteiger partial charge is 0.486 e. The minimum absolute atomic E-state index is 0.0579. The number of ether oxygens (including phenoxy) is 2. The molecule has 0 radical (unpaired) electrons. The van der Waals surface area contributed by atoms with E-state index in [1.165, 1.54) is 43.6 Å². The number of fused-ring (bicyclic) bond motifs is 1. The molecular formula is C21H26N2O2. The second-order valence-electron chi connectivity index (χ2n) is 6.84. The molecule has 1 atom stereocenters. The molecule has 2 aromatic carbocycles. The van der Waals surface area contributed by atoms with Crippen LogP contribution < -0.4 is 19.7 Å². The van der Waals surface area contributed by atoms with Crippen LogP contribution >= 0.6 is 0 Å². The van der Waals surface area contributed by atoms with Crippen molar-refractivity contribution in [1.29, 1.82) is 0 Å². The number of hydrogen-bond acceptors (Lipinski definition) is 4. The van der Waals surface area contributed by atoms with E-state index in [4.69, 9.17) is 9.47 Å². The highest BCUT2D eigenvalue weighted by atomic mass is 16.6. The molecule has 4 rings (SSSR count). The molecule has 2 aliphatic rings. The molecule has 132 valence electrons. The molecular weight excluding hydrogens is 312 g/mol. The molecule has 0 saturated carbocycles. The van der Waals surface area contributed by atoms with E-state index in [9.17, 15) is 0 Å². The zero-order valence-electron chi connectivity index (χ0n) is 14.6. The Balaban J connectivity index is 1.25. The first-order chi connectivity index (χ1) is 12.4. The van der Waals surface area contributed by atoms with Gasteiger partial charge in [-0.15, -0.1) is 0 Å². The van der Waals surface area contributed by atoms with Crippen molar-refractivity contribution in [2.75, 3.05) is 31.1 Å². The van der Waals surface area contributed by atoms with Gasteiger partial charge in [-0.05, 0) is 49.1 Å². The van der Waals surface area contributed by atoms with Crippen molar-refractivity contribution in [2.45, 2.75) is 31.9 Å². The smallest absolute Gasteiger partial charge is 0.161 e. The molecule has 1 fully saturated rings. The fourth-order valence-electron chi connectivity index (χ4n) is 3.52. The van der Waals surface area contributed by atoms with Crippen molar-refractivity contribution in [2.24, 2.45) is 0 Å². The maximum atomic E-state index is 5.97. The third-order valence-corrected chi connectivity index (χ3v) is 4.93. The van der Waals surface area contributed by atoms with E-state index < -0.39 is 0 Å². The Hall–Kier alpha value is -2.20. The number of hydrogen-bond donors (Lipinski definition) is 1. The summed E-state index contributed by atoms with van der Waals surface area (Å²) in [5.74, 6) is 1.68. The van der Waals surface area contributed by atoms with E-state index in [0.717, 1.165) is 24.6 Å². The summed E-state index contributed by atoms with van der Waals surface area (Å²) in [7, 11) is 0. The molecule has 2 aliphatic heterocycles. The van der Waals surface area contributed by atoms with Crippen LogP contribution in [-0.4, -0.2) is 32.3 Å². The lowest BCUT2D eigenvalue weighted by Gasteiger charge is -2.29. The summed E-state index contributed by atoms with van der Waals surface area (Å²) < 4.78 is 11.7. The van der Waals surface area contributed by atoms with Crippen molar-refractivity contribution in [3.8, 4) is 11.5 Å². The number of nitrogens with one attached hydrogen (secondary N) is 1. The maximum absolute atomic E-state index is 5.97. The quantitative estimate of drug-likeness (QED) is 0.903. The van der Waals surface area contributed by atoms with Gasteiger partial charge in [0, 0.05) is 31.9 Å².